The summed E-state index contributed by atoms with van der Waals surface area (Å²) in [5.74, 6) is 4.07. The molecule has 0 saturated carbocycles. The highest BCUT2D eigenvalue weighted by Gasteiger charge is 2.32. The number of rotatable bonds is 0. The number of aromatic nitrogens is 2. The molecule has 1 unspecified atom stereocenters. The van der Waals surface area contributed by atoms with Crippen LogP contribution in [0.3, 0.4) is 0 Å². The highest BCUT2D eigenvalue weighted by molar-refractivity contribution is 5.79. The molecule has 7 heteroatoms. The number of anilines is 1. The van der Waals surface area contributed by atoms with Gasteiger partial charge in [-0.05, 0) is 0 Å². The van der Waals surface area contributed by atoms with Crippen molar-refractivity contribution in [2.24, 2.45) is 16.6 Å². The molecule has 0 aromatic carbocycles. The van der Waals surface area contributed by atoms with Gasteiger partial charge in [0.15, 0.2) is 5.82 Å². The quantitative estimate of drug-likeness (QED) is 0.269. The highest BCUT2D eigenvalue weighted by Crippen LogP contribution is 2.25. The number of hydrazine groups is 1. The Labute approximate surface area is 67.7 Å². The second kappa shape index (κ2) is 2.03. The SMILES string of the molecule is NN1C=NC(N)(O)c2[nH]cnc21. The van der Waals surface area contributed by atoms with Crippen LogP contribution in [0.25, 0.3) is 0 Å². The first-order chi connectivity index (χ1) is 5.61. The van der Waals surface area contributed by atoms with Crippen molar-refractivity contribution in [1.82, 2.24) is 9.97 Å². The van der Waals surface area contributed by atoms with Crippen molar-refractivity contribution in [2.45, 2.75) is 5.85 Å². The van der Waals surface area contributed by atoms with Crippen molar-refractivity contribution >= 4 is 12.2 Å². The maximum absolute atomic E-state index is 9.46. The monoisotopic (exact) mass is 168 g/mol. The fourth-order valence-corrected chi connectivity index (χ4v) is 1.02. The topological polar surface area (TPSA) is 117 Å². The minimum atomic E-state index is -1.75. The molecule has 0 saturated heterocycles. The number of nitrogens with zero attached hydrogens (tertiary/aromatic N) is 3. The van der Waals surface area contributed by atoms with Crippen molar-refractivity contribution in [3.63, 3.8) is 0 Å². The van der Waals surface area contributed by atoms with E-state index in [0.29, 0.717) is 5.82 Å². The van der Waals surface area contributed by atoms with Gasteiger partial charge in [-0.2, -0.15) is 0 Å². The molecule has 2 rings (SSSR count). The van der Waals surface area contributed by atoms with Gasteiger partial charge in [0, 0.05) is 0 Å². The number of aliphatic hydroxyl groups is 1. The molecule has 12 heavy (non-hydrogen) atoms. The van der Waals surface area contributed by atoms with Gasteiger partial charge in [-0.25, -0.2) is 20.8 Å². The predicted octanol–water partition coefficient (Wildman–Crippen LogP) is -1.81. The smallest absolute Gasteiger partial charge is 0.258 e. The molecule has 0 spiro atoms. The summed E-state index contributed by atoms with van der Waals surface area (Å²) in [7, 11) is 0. The standard InChI is InChI=1S/C5H8N6O/c6-5(12)3-4(9-1-8-3)11(7)2-10-5/h1-2,12H,6-7H2,(H,8,9). The summed E-state index contributed by atoms with van der Waals surface area (Å²) in [6.07, 6.45) is 2.60. The number of nitrogens with one attached hydrogen (secondary N) is 1. The number of hydrogen-bond acceptors (Lipinski definition) is 6. The van der Waals surface area contributed by atoms with Crippen LogP contribution in [-0.4, -0.2) is 21.4 Å². The fourth-order valence-electron chi connectivity index (χ4n) is 1.02. The number of aliphatic imine (C=N–C) groups is 1. The number of fused-ring (bicyclic) bond motifs is 1. The zero-order valence-electron chi connectivity index (χ0n) is 6.10. The molecule has 1 atom stereocenters. The van der Waals surface area contributed by atoms with Crippen molar-refractivity contribution in [1.29, 1.82) is 0 Å². The first kappa shape index (κ1) is 7.22. The van der Waals surface area contributed by atoms with E-state index >= 15 is 0 Å². The molecular weight excluding hydrogens is 160 g/mol. The average molecular weight is 168 g/mol. The van der Waals surface area contributed by atoms with Crippen LogP contribution in [0.15, 0.2) is 11.3 Å². The van der Waals surface area contributed by atoms with Crippen LogP contribution in [0.5, 0.6) is 0 Å². The van der Waals surface area contributed by atoms with Crippen molar-refractivity contribution in [3.8, 4) is 0 Å². The normalized spacial score (nSPS) is 27.4. The van der Waals surface area contributed by atoms with E-state index in [1.807, 2.05) is 0 Å². The van der Waals surface area contributed by atoms with Crippen LogP contribution in [0.4, 0.5) is 5.82 Å². The molecule has 1 aromatic rings. The van der Waals surface area contributed by atoms with Crippen LogP contribution in [0.1, 0.15) is 5.69 Å². The average Bonchev–Trinajstić information content (AvgIpc) is 2.46. The van der Waals surface area contributed by atoms with Crippen LogP contribution in [0, 0.1) is 0 Å². The molecule has 2 heterocycles. The number of nitrogens with two attached hydrogens (primary N) is 2. The van der Waals surface area contributed by atoms with E-state index < -0.39 is 5.85 Å². The summed E-state index contributed by atoms with van der Waals surface area (Å²) in [6, 6.07) is 0. The summed E-state index contributed by atoms with van der Waals surface area (Å²) in [5.41, 5.74) is 5.68. The van der Waals surface area contributed by atoms with Crippen LogP contribution >= 0.6 is 0 Å². The zero-order chi connectivity index (χ0) is 8.77. The Bertz CT molecular complexity index is 328. The number of H-pyrrole nitrogens is 1. The second-order valence-corrected chi connectivity index (χ2v) is 2.48. The number of hydrogen-bond donors (Lipinski definition) is 4. The Hall–Kier alpha value is -1.44. The number of aromatic amines is 1. The lowest BCUT2D eigenvalue weighted by Gasteiger charge is -2.25. The first-order valence-corrected chi connectivity index (χ1v) is 3.25. The lowest BCUT2D eigenvalue weighted by atomic mass is 10.3. The van der Waals surface area contributed by atoms with Gasteiger partial charge in [0.2, 0.25) is 0 Å². The maximum Gasteiger partial charge on any atom is 0.258 e. The molecule has 1 aliphatic heterocycles. The van der Waals surface area contributed by atoms with Crippen molar-refractivity contribution < 1.29 is 5.11 Å². The van der Waals surface area contributed by atoms with Crippen molar-refractivity contribution in [2.75, 3.05) is 5.01 Å². The van der Waals surface area contributed by atoms with Crippen LogP contribution in [0.2, 0.25) is 0 Å². The van der Waals surface area contributed by atoms with E-state index in [9.17, 15) is 5.11 Å². The van der Waals surface area contributed by atoms with Crippen LogP contribution in [-0.2, 0) is 5.85 Å². The van der Waals surface area contributed by atoms with E-state index in [1.54, 1.807) is 0 Å². The van der Waals surface area contributed by atoms with Gasteiger partial charge >= 0.3 is 0 Å². The molecular formula is C5H8N6O. The zero-order valence-corrected chi connectivity index (χ0v) is 6.10. The number of imidazole rings is 1. The summed E-state index contributed by atoms with van der Waals surface area (Å²) >= 11 is 0. The van der Waals surface area contributed by atoms with E-state index in [1.165, 1.54) is 17.7 Å². The van der Waals surface area contributed by atoms with Gasteiger partial charge in [-0.1, -0.05) is 0 Å². The van der Waals surface area contributed by atoms with Crippen LogP contribution < -0.4 is 16.6 Å². The first-order valence-electron chi connectivity index (χ1n) is 3.25. The Kier molecular flexibility index (Phi) is 1.22. The molecule has 6 N–H and O–H groups in total. The van der Waals surface area contributed by atoms with E-state index in [4.69, 9.17) is 11.6 Å². The molecule has 1 aromatic heterocycles. The van der Waals surface area contributed by atoms with E-state index in [0.717, 1.165) is 0 Å². The third-order valence-electron chi connectivity index (χ3n) is 1.61. The van der Waals surface area contributed by atoms with Crippen molar-refractivity contribution in [3.05, 3.63) is 12.0 Å². The summed E-state index contributed by atoms with van der Waals surface area (Å²) in [4.78, 5) is 10.1. The Morgan fingerprint density at radius 2 is 2.42 bits per heavy atom. The largest absolute Gasteiger partial charge is 0.352 e. The van der Waals surface area contributed by atoms with Gasteiger partial charge in [-0.15, -0.1) is 0 Å². The third-order valence-corrected chi connectivity index (χ3v) is 1.61. The molecule has 0 bridgehead atoms. The van der Waals surface area contributed by atoms with E-state index in [-0.39, 0.29) is 5.69 Å². The molecule has 64 valence electrons. The van der Waals surface area contributed by atoms with Gasteiger partial charge in [0.25, 0.3) is 5.85 Å². The molecule has 0 fully saturated rings. The summed E-state index contributed by atoms with van der Waals surface area (Å²) in [5, 5.41) is 10.6. The highest BCUT2D eigenvalue weighted by atomic mass is 16.3. The Balaban J connectivity index is 2.58. The molecule has 1 aliphatic rings. The Morgan fingerprint density at radius 1 is 1.67 bits per heavy atom. The molecule has 7 nitrogen and oxygen atoms in total. The third kappa shape index (κ3) is 0.811. The molecule has 0 amide bonds. The second-order valence-electron chi connectivity index (χ2n) is 2.48. The minimum Gasteiger partial charge on any atom is -0.352 e. The summed E-state index contributed by atoms with van der Waals surface area (Å²) in [6.45, 7) is 0. The van der Waals surface area contributed by atoms with E-state index in [2.05, 4.69) is 15.0 Å². The predicted molar refractivity (Wildman–Crippen MR) is 41.8 cm³/mol. The minimum absolute atomic E-state index is 0.285. The maximum atomic E-state index is 9.46. The van der Waals surface area contributed by atoms with Gasteiger partial charge in [0.1, 0.15) is 12.0 Å². The van der Waals surface area contributed by atoms with Gasteiger partial charge in [-0.3, -0.25) is 5.73 Å². The van der Waals surface area contributed by atoms with Gasteiger partial charge < -0.3 is 10.1 Å². The lowest BCUT2D eigenvalue weighted by molar-refractivity contribution is 0.0491. The summed E-state index contributed by atoms with van der Waals surface area (Å²) < 4.78 is 0. The molecule has 0 aliphatic carbocycles. The lowest BCUT2D eigenvalue weighted by Crippen LogP contribution is -2.44. The fraction of sp³-hybridized carbons (Fsp3) is 0.200. The van der Waals surface area contributed by atoms with Gasteiger partial charge in [0.05, 0.1) is 6.33 Å². The molecule has 0 radical (unpaired) electrons. The Morgan fingerprint density at radius 3 is 3.08 bits per heavy atom.